The van der Waals surface area contributed by atoms with Crippen LogP contribution in [0.4, 0.5) is 11.5 Å². The predicted octanol–water partition coefficient (Wildman–Crippen LogP) is 2.61. The highest BCUT2D eigenvalue weighted by Gasteiger charge is 2.20. The summed E-state index contributed by atoms with van der Waals surface area (Å²) in [5, 5.41) is 4.79. The first-order valence-electron chi connectivity index (χ1n) is 10.7. The van der Waals surface area contributed by atoms with Gasteiger partial charge in [-0.25, -0.2) is 4.98 Å². The maximum absolute atomic E-state index is 5.26. The SMILES string of the molecule is CCN(CC)c1cc(C)nc2nc(CN3CCN(c4ccc(OC)cc4)CC3)nn12. The zero-order valence-corrected chi connectivity index (χ0v) is 18.4. The second-order valence-electron chi connectivity index (χ2n) is 7.63. The third-order valence-electron chi connectivity index (χ3n) is 5.73. The number of nitrogens with zero attached hydrogens (tertiary/aromatic N) is 7. The first-order valence-corrected chi connectivity index (χ1v) is 10.7. The number of benzene rings is 1. The molecule has 8 heteroatoms. The molecule has 1 saturated heterocycles. The zero-order valence-electron chi connectivity index (χ0n) is 18.4. The number of ether oxygens (including phenoxy) is 1. The van der Waals surface area contributed by atoms with Gasteiger partial charge in [0.2, 0.25) is 0 Å². The molecule has 0 unspecified atom stereocenters. The van der Waals surface area contributed by atoms with Gasteiger partial charge in [0.05, 0.1) is 13.7 Å². The Labute approximate surface area is 178 Å². The number of piperazine rings is 1. The van der Waals surface area contributed by atoms with Crippen molar-refractivity contribution in [3.05, 3.63) is 41.9 Å². The van der Waals surface area contributed by atoms with E-state index in [1.807, 2.05) is 23.6 Å². The van der Waals surface area contributed by atoms with Crippen LogP contribution >= 0.6 is 0 Å². The number of hydrogen-bond acceptors (Lipinski definition) is 7. The largest absolute Gasteiger partial charge is 0.497 e. The monoisotopic (exact) mass is 409 g/mol. The van der Waals surface area contributed by atoms with E-state index in [9.17, 15) is 0 Å². The molecule has 0 radical (unpaired) electrons. The summed E-state index contributed by atoms with van der Waals surface area (Å²) in [7, 11) is 1.70. The van der Waals surface area contributed by atoms with E-state index in [2.05, 4.69) is 51.7 Å². The van der Waals surface area contributed by atoms with Crippen molar-refractivity contribution in [2.24, 2.45) is 0 Å². The quantitative estimate of drug-likeness (QED) is 0.594. The minimum Gasteiger partial charge on any atom is -0.497 e. The highest BCUT2D eigenvalue weighted by Crippen LogP contribution is 2.21. The topological polar surface area (TPSA) is 62.0 Å². The molecule has 4 rings (SSSR count). The van der Waals surface area contributed by atoms with E-state index in [1.165, 1.54) is 5.69 Å². The molecule has 1 fully saturated rings. The molecule has 0 aliphatic carbocycles. The minimum absolute atomic E-state index is 0.684. The molecule has 160 valence electrons. The van der Waals surface area contributed by atoms with Crippen molar-refractivity contribution in [3.63, 3.8) is 0 Å². The van der Waals surface area contributed by atoms with Gasteiger partial charge in [0.1, 0.15) is 11.6 Å². The molecule has 3 aromatic rings. The van der Waals surface area contributed by atoms with E-state index in [0.717, 1.165) is 68.9 Å². The summed E-state index contributed by atoms with van der Waals surface area (Å²) >= 11 is 0. The van der Waals surface area contributed by atoms with Crippen LogP contribution < -0.4 is 14.5 Å². The molecule has 8 nitrogen and oxygen atoms in total. The molecule has 0 atom stereocenters. The first-order chi connectivity index (χ1) is 14.6. The standard InChI is InChI=1S/C22H31N7O/c1-5-27(6-2)21-15-17(3)23-22-24-20(25-29(21)22)16-26-11-13-28(14-12-26)18-7-9-19(30-4)10-8-18/h7-10,15H,5-6,11-14,16H2,1-4H3. The summed E-state index contributed by atoms with van der Waals surface area (Å²) in [4.78, 5) is 16.4. The van der Waals surface area contributed by atoms with Gasteiger partial charge >= 0.3 is 0 Å². The third-order valence-corrected chi connectivity index (χ3v) is 5.73. The van der Waals surface area contributed by atoms with Crippen molar-refractivity contribution in [3.8, 4) is 5.75 Å². The van der Waals surface area contributed by atoms with Gasteiger partial charge in [-0.1, -0.05) is 0 Å². The van der Waals surface area contributed by atoms with E-state index in [-0.39, 0.29) is 0 Å². The molecule has 3 heterocycles. The predicted molar refractivity (Wildman–Crippen MR) is 120 cm³/mol. The van der Waals surface area contributed by atoms with Crippen molar-refractivity contribution in [2.45, 2.75) is 27.3 Å². The fraction of sp³-hybridized carbons (Fsp3) is 0.500. The highest BCUT2D eigenvalue weighted by molar-refractivity contribution is 5.50. The van der Waals surface area contributed by atoms with E-state index < -0.39 is 0 Å². The Kier molecular flexibility index (Phi) is 6.03. The molecule has 30 heavy (non-hydrogen) atoms. The van der Waals surface area contributed by atoms with Crippen LogP contribution in [0.2, 0.25) is 0 Å². The fourth-order valence-electron chi connectivity index (χ4n) is 4.01. The van der Waals surface area contributed by atoms with Crippen LogP contribution in [0.15, 0.2) is 30.3 Å². The lowest BCUT2D eigenvalue weighted by Crippen LogP contribution is -2.46. The zero-order chi connectivity index (χ0) is 21.1. The van der Waals surface area contributed by atoms with Crippen molar-refractivity contribution >= 4 is 17.3 Å². The van der Waals surface area contributed by atoms with Crippen LogP contribution in [0.1, 0.15) is 25.4 Å². The highest BCUT2D eigenvalue weighted by atomic mass is 16.5. The number of anilines is 2. The van der Waals surface area contributed by atoms with Crippen molar-refractivity contribution in [1.29, 1.82) is 0 Å². The van der Waals surface area contributed by atoms with Gasteiger partial charge < -0.3 is 14.5 Å². The molecule has 0 amide bonds. The molecule has 0 N–H and O–H groups in total. The van der Waals surface area contributed by atoms with Gasteiger partial charge in [0.15, 0.2) is 5.82 Å². The van der Waals surface area contributed by atoms with Crippen LogP contribution in [0, 0.1) is 6.92 Å². The van der Waals surface area contributed by atoms with Gasteiger partial charge in [-0.3, -0.25) is 4.90 Å². The third kappa shape index (κ3) is 4.18. The molecule has 0 spiro atoms. The smallest absolute Gasteiger partial charge is 0.254 e. The summed E-state index contributed by atoms with van der Waals surface area (Å²) < 4.78 is 7.15. The summed E-state index contributed by atoms with van der Waals surface area (Å²) in [5.74, 6) is 3.47. The molecule has 1 aromatic carbocycles. The molecule has 1 aliphatic heterocycles. The minimum atomic E-state index is 0.684. The van der Waals surface area contributed by atoms with E-state index in [0.29, 0.717) is 5.78 Å². The molecule has 1 aliphatic rings. The van der Waals surface area contributed by atoms with E-state index >= 15 is 0 Å². The van der Waals surface area contributed by atoms with Gasteiger partial charge in [0, 0.05) is 56.7 Å². The Morgan fingerprint density at radius 3 is 2.33 bits per heavy atom. The average Bonchev–Trinajstić information content (AvgIpc) is 3.17. The molecular weight excluding hydrogens is 378 g/mol. The second-order valence-corrected chi connectivity index (χ2v) is 7.63. The Balaban J connectivity index is 1.44. The maximum Gasteiger partial charge on any atom is 0.254 e. The van der Waals surface area contributed by atoms with Crippen molar-refractivity contribution < 1.29 is 4.74 Å². The number of methoxy groups -OCH3 is 1. The summed E-state index contributed by atoms with van der Waals surface area (Å²) in [6, 6.07) is 10.4. The lowest BCUT2D eigenvalue weighted by atomic mass is 10.2. The average molecular weight is 410 g/mol. The van der Waals surface area contributed by atoms with Crippen LogP contribution in [0.3, 0.4) is 0 Å². The first kappa shape index (κ1) is 20.4. The van der Waals surface area contributed by atoms with Crippen LogP contribution in [0.25, 0.3) is 5.78 Å². The Bertz CT molecular complexity index is 973. The fourth-order valence-corrected chi connectivity index (χ4v) is 4.01. The number of rotatable bonds is 7. The van der Waals surface area contributed by atoms with Gasteiger partial charge in [-0.05, 0) is 45.0 Å². The lowest BCUT2D eigenvalue weighted by Gasteiger charge is -2.35. The Hall–Kier alpha value is -2.87. The van der Waals surface area contributed by atoms with Crippen molar-refractivity contribution in [1.82, 2.24) is 24.5 Å². The Morgan fingerprint density at radius 1 is 1.00 bits per heavy atom. The van der Waals surface area contributed by atoms with Gasteiger partial charge in [0.25, 0.3) is 5.78 Å². The van der Waals surface area contributed by atoms with Crippen LogP contribution in [0.5, 0.6) is 5.75 Å². The van der Waals surface area contributed by atoms with Gasteiger partial charge in [-0.15, -0.1) is 5.10 Å². The Morgan fingerprint density at radius 2 is 1.70 bits per heavy atom. The molecule has 2 aromatic heterocycles. The van der Waals surface area contributed by atoms with Crippen LogP contribution in [-0.2, 0) is 6.54 Å². The normalized spacial score (nSPS) is 15.0. The summed E-state index contributed by atoms with van der Waals surface area (Å²) in [6.07, 6.45) is 0. The van der Waals surface area contributed by atoms with E-state index in [4.69, 9.17) is 14.8 Å². The lowest BCUT2D eigenvalue weighted by molar-refractivity contribution is 0.244. The van der Waals surface area contributed by atoms with Gasteiger partial charge in [-0.2, -0.15) is 9.50 Å². The molecule has 0 bridgehead atoms. The number of fused-ring (bicyclic) bond motifs is 1. The maximum atomic E-state index is 5.26. The second kappa shape index (κ2) is 8.87. The number of aromatic nitrogens is 4. The summed E-state index contributed by atoms with van der Waals surface area (Å²) in [5.41, 5.74) is 2.21. The number of aryl methyl sites for hydroxylation is 1. The molecular formula is C22H31N7O. The van der Waals surface area contributed by atoms with Crippen molar-refractivity contribution in [2.75, 3.05) is 56.2 Å². The van der Waals surface area contributed by atoms with E-state index in [1.54, 1.807) is 7.11 Å². The van der Waals surface area contributed by atoms with Crippen LogP contribution in [-0.4, -0.2) is 70.9 Å². The summed E-state index contributed by atoms with van der Waals surface area (Å²) in [6.45, 7) is 12.9. The molecule has 0 saturated carbocycles. The number of hydrogen-bond donors (Lipinski definition) is 0.